The summed E-state index contributed by atoms with van der Waals surface area (Å²) in [6.07, 6.45) is -3.71. The van der Waals surface area contributed by atoms with Gasteiger partial charge < -0.3 is 5.21 Å². The van der Waals surface area contributed by atoms with Crippen molar-refractivity contribution in [2.45, 2.75) is 13.1 Å². The summed E-state index contributed by atoms with van der Waals surface area (Å²) in [5, 5.41) is 13.3. The lowest BCUT2D eigenvalue weighted by Crippen LogP contribution is -2.44. The number of amidine groups is 1. The summed E-state index contributed by atoms with van der Waals surface area (Å²) >= 11 is 0. The quantitative estimate of drug-likeness (QED) is 0.357. The predicted octanol–water partition coefficient (Wildman–Crippen LogP) is 2.44. The fourth-order valence-corrected chi connectivity index (χ4v) is 1.56. The Hall–Kier alpha value is -2.22. The number of para-hydroxylation sites is 1. The van der Waals surface area contributed by atoms with Crippen LogP contribution in [0.15, 0.2) is 47.4 Å². The van der Waals surface area contributed by atoms with Crippen LogP contribution in [0.3, 0.4) is 0 Å². The predicted molar refractivity (Wildman–Crippen MR) is 62.9 cm³/mol. The van der Waals surface area contributed by atoms with Gasteiger partial charge in [0.2, 0.25) is 0 Å². The molecule has 2 N–H and O–H groups in total. The average Bonchev–Trinajstić information content (AvgIpc) is 2.84. The molecule has 0 aromatic heterocycles. The Kier molecular flexibility index (Phi) is 3.34. The van der Waals surface area contributed by atoms with Gasteiger partial charge in [0.15, 0.2) is 11.5 Å². The van der Waals surface area contributed by atoms with Gasteiger partial charge in [-0.3, -0.25) is 5.01 Å². The minimum Gasteiger partial charge on any atom is -0.409 e. The van der Waals surface area contributed by atoms with Crippen molar-refractivity contribution in [2.24, 2.45) is 5.16 Å². The molecule has 0 saturated heterocycles. The first-order valence-electron chi connectivity index (χ1n) is 5.32. The van der Waals surface area contributed by atoms with Crippen LogP contribution in [-0.2, 0) is 0 Å². The first-order valence-corrected chi connectivity index (χ1v) is 5.32. The molecule has 1 aromatic rings. The van der Waals surface area contributed by atoms with Gasteiger partial charge in [-0.2, -0.15) is 13.2 Å². The molecular weight excluding hydrogens is 261 g/mol. The number of alkyl halides is 3. The maximum Gasteiger partial charge on any atom is 0.434 e. The van der Waals surface area contributed by atoms with E-state index < -0.39 is 11.9 Å². The van der Waals surface area contributed by atoms with Crippen LogP contribution in [0.5, 0.6) is 0 Å². The van der Waals surface area contributed by atoms with Gasteiger partial charge in [-0.15, -0.1) is 5.53 Å². The lowest BCUT2D eigenvalue weighted by Gasteiger charge is -2.24. The Morgan fingerprint density at radius 2 is 1.89 bits per heavy atom. The number of hydrazine groups is 2. The van der Waals surface area contributed by atoms with Gasteiger partial charge in [-0.1, -0.05) is 23.4 Å². The van der Waals surface area contributed by atoms with Crippen molar-refractivity contribution in [3.8, 4) is 0 Å². The number of oxime groups is 1. The van der Waals surface area contributed by atoms with Gasteiger partial charge in [0, 0.05) is 0 Å². The van der Waals surface area contributed by atoms with Crippen molar-refractivity contribution >= 4 is 11.5 Å². The molecule has 0 fully saturated rings. The molecular formula is C11H11F3N4O. The van der Waals surface area contributed by atoms with Gasteiger partial charge in [-0.25, -0.2) is 5.01 Å². The standard InChI is InChI=1S/C11H11F3N4O/c1-8(15-19)17-7-10(11(12,13)14)18(16-17)9-5-3-2-4-6-9/h2-7,16,19H,1H3. The SMILES string of the molecule is CC(=NO)N1C=C(C(F)(F)F)N(c2ccccc2)N1. The zero-order valence-electron chi connectivity index (χ0n) is 9.89. The molecule has 0 amide bonds. The van der Waals surface area contributed by atoms with E-state index in [2.05, 4.69) is 10.7 Å². The summed E-state index contributed by atoms with van der Waals surface area (Å²) in [7, 11) is 0. The summed E-state index contributed by atoms with van der Waals surface area (Å²) in [5.74, 6) is -0.0137. The monoisotopic (exact) mass is 272 g/mol. The number of hydrogen-bond donors (Lipinski definition) is 2. The number of hydrogen-bond acceptors (Lipinski definition) is 4. The lowest BCUT2D eigenvalue weighted by atomic mass is 10.3. The summed E-state index contributed by atoms with van der Waals surface area (Å²) < 4.78 is 38.9. The largest absolute Gasteiger partial charge is 0.434 e. The summed E-state index contributed by atoms with van der Waals surface area (Å²) in [6.45, 7) is 1.37. The van der Waals surface area contributed by atoms with Crippen molar-refractivity contribution in [1.29, 1.82) is 0 Å². The van der Waals surface area contributed by atoms with Gasteiger partial charge >= 0.3 is 6.18 Å². The topological polar surface area (TPSA) is 51.1 Å². The Bertz CT molecular complexity index is 512. The molecule has 0 bridgehead atoms. The van der Waals surface area contributed by atoms with Crippen LogP contribution in [0.25, 0.3) is 0 Å². The molecule has 0 spiro atoms. The van der Waals surface area contributed by atoms with E-state index in [1.165, 1.54) is 19.1 Å². The number of anilines is 1. The molecule has 5 nitrogen and oxygen atoms in total. The average molecular weight is 272 g/mol. The molecule has 1 aromatic carbocycles. The van der Waals surface area contributed by atoms with Crippen molar-refractivity contribution in [3.05, 3.63) is 42.2 Å². The van der Waals surface area contributed by atoms with Crippen molar-refractivity contribution in [3.63, 3.8) is 0 Å². The van der Waals surface area contributed by atoms with E-state index >= 15 is 0 Å². The second kappa shape index (κ2) is 4.81. The normalized spacial score (nSPS) is 16.8. The van der Waals surface area contributed by atoms with Gasteiger partial charge in [0.05, 0.1) is 11.9 Å². The van der Waals surface area contributed by atoms with Gasteiger partial charge in [0.1, 0.15) is 0 Å². The molecule has 0 atom stereocenters. The van der Waals surface area contributed by atoms with Crippen LogP contribution in [0.1, 0.15) is 6.92 Å². The van der Waals surface area contributed by atoms with E-state index in [-0.39, 0.29) is 5.84 Å². The molecule has 0 saturated carbocycles. The second-order valence-corrected chi connectivity index (χ2v) is 3.80. The minimum atomic E-state index is -4.53. The molecule has 19 heavy (non-hydrogen) atoms. The second-order valence-electron chi connectivity index (χ2n) is 3.80. The Morgan fingerprint density at radius 3 is 2.42 bits per heavy atom. The molecule has 8 heteroatoms. The van der Waals surface area contributed by atoms with Crippen molar-refractivity contribution in [1.82, 2.24) is 10.5 Å². The van der Waals surface area contributed by atoms with E-state index in [0.29, 0.717) is 5.69 Å². The minimum absolute atomic E-state index is 0.0137. The number of nitrogens with zero attached hydrogens (tertiary/aromatic N) is 3. The van der Waals surface area contributed by atoms with Crippen LogP contribution >= 0.6 is 0 Å². The van der Waals surface area contributed by atoms with Crippen LogP contribution in [0.4, 0.5) is 18.9 Å². The molecule has 1 aliphatic rings. The summed E-state index contributed by atoms with van der Waals surface area (Å²) in [6, 6.07) is 8.01. The Labute approximate surface area is 107 Å². The molecule has 0 radical (unpaired) electrons. The maximum absolute atomic E-state index is 13.0. The Balaban J connectivity index is 2.37. The highest BCUT2D eigenvalue weighted by Gasteiger charge is 2.43. The smallest absolute Gasteiger partial charge is 0.409 e. The van der Waals surface area contributed by atoms with E-state index in [4.69, 9.17) is 5.21 Å². The van der Waals surface area contributed by atoms with Crippen LogP contribution in [-0.4, -0.2) is 22.2 Å². The molecule has 102 valence electrons. The number of benzene rings is 1. The zero-order valence-corrected chi connectivity index (χ0v) is 9.89. The van der Waals surface area contributed by atoms with E-state index in [1.807, 2.05) is 0 Å². The highest BCUT2D eigenvalue weighted by atomic mass is 19.4. The van der Waals surface area contributed by atoms with E-state index in [1.54, 1.807) is 18.2 Å². The number of rotatable bonds is 1. The fraction of sp³-hybridized carbons (Fsp3) is 0.182. The van der Waals surface area contributed by atoms with Gasteiger partial charge in [0.25, 0.3) is 0 Å². The highest BCUT2D eigenvalue weighted by Crippen LogP contribution is 2.33. The highest BCUT2D eigenvalue weighted by molar-refractivity contribution is 5.80. The van der Waals surface area contributed by atoms with Gasteiger partial charge in [-0.05, 0) is 19.1 Å². The first kappa shape index (κ1) is 13.2. The maximum atomic E-state index is 13.0. The van der Waals surface area contributed by atoms with Crippen LogP contribution in [0, 0.1) is 0 Å². The van der Waals surface area contributed by atoms with Crippen molar-refractivity contribution < 1.29 is 18.4 Å². The van der Waals surface area contributed by atoms with Crippen LogP contribution < -0.4 is 10.5 Å². The van der Waals surface area contributed by atoms with E-state index in [9.17, 15) is 13.2 Å². The fourth-order valence-electron chi connectivity index (χ4n) is 1.56. The third-order valence-electron chi connectivity index (χ3n) is 2.50. The lowest BCUT2D eigenvalue weighted by molar-refractivity contribution is -0.0931. The number of allylic oxidation sites excluding steroid dienone is 1. The number of nitrogens with one attached hydrogen (secondary N) is 1. The molecule has 0 aliphatic carbocycles. The summed E-state index contributed by atoms with van der Waals surface area (Å²) in [5.41, 5.74) is 1.90. The molecule has 2 rings (SSSR count). The third kappa shape index (κ3) is 2.63. The number of halogens is 3. The Morgan fingerprint density at radius 1 is 1.26 bits per heavy atom. The zero-order chi connectivity index (χ0) is 14.0. The first-order chi connectivity index (χ1) is 8.93. The van der Waals surface area contributed by atoms with Crippen molar-refractivity contribution in [2.75, 3.05) is 5.01 Å². The molecule has 0 unspecified atom stereocenters. The van der Waals surface area contributed by atoms with Crippen LogP contribution in [0.2, 0.25) is 0 Å². The third-order valence-corrected chi connectivity index (χ3v) is 2.50. The van der Waals surface area contributed by atoms with E-state index in [0.717, 1.165) is 16.2 Å². The molecule has 1 heterocycles. The summed E-state index contributed by atoms with van der Waals surface area (Å²) in [4.78, 5) is 0. The molecule has 1 aliphatic heterocycles.